The topological polar surface area (TPSA) is 177 Å². The molecular formula is C44H53F2N11O5. The fraction of sp³-hybridized carbons (Fsp3) is 0.523. The Morgan fingerprint density at radius 1 is 0.984 bits per heavy atom. The lowest BCUT2D eigenvalue weighted by Crippen LogP contribution is -2.44. The Labute approximate surface area is 357 Å². The molecule has 3 N–H and O–H groups in total. The number of alkyl halides is 2. The van der Waals surface area contributed by atoms with Crippen molar-refractivity contribution in [1.29, 1.82) is 0 Å². The van der Waals surface area contributed by atoms with Crippen molar-refractivity contribution in [3.8, 4) is 11.5 Å². The number of carbonyl (C=O) groups is 3. The molecule has 3 amide bonds. The van der Waals surface area contributed by atoms with Crippen molar-refractivity contribution in [2.24, 2.45) is 18.9 Å². The molecule has 2 saturated heterocycles. The van der Waals surface area contributed by atoms with E-state index in [-0.39, 0.29) is 41.3 Å². The quantitative estimate of drug-likeness (QED) is 0.113. The maximum absolute atomic E-state index is 14.2. The van der Waals surface area contributed by atoms with Crippen LogP contribution in [0.15, 0.2) is 58.2 Å². The fourth-order valence-corrected chi connectivity index (χ4v) is 9.44. The number of anilines is 2. The Morgan fingerprint density at radius 3 is 2.50 bits per heavy atom. The van der Waals surface area contributed by atoms with Crippen LogP contribution in [0.1, 0.15) is 104 Å². The van der Waals surface area contributed by atoms with Crippen LogP contribution in [0, 0.1) is 11.8 Å². The van der Waals surface area contributed by atoms with Gasteiger partial charge in [-0.25, -0.2) is 23.5 Å². The van der Waals surface area contributed by atoms with Crippen molar-refractivity contribution >= 4 is 40.3 Å². The van der Waals surface area contributed by atoms with Crippen LogP contribution in [0.25, 0.3) is 22.5 Å². The largest absolute Gasteiger partial charge is 0.444 e. The molecule has 2 saturated carbocycles. The van der Waals surface area contributed by atoms with Crippen molar-refractivity contribution in [1.82, 2.24) is 44.0 Å². The molecule has 4 aliphatic rings. The summed E-state index contributed by atoms with van der Waals surface area (Å²) < 4.78 is 38.7. The molecule has 0 radical (unpaired) electrons. The summed E-state index contributed by atoms with van der Waals surface area (Å²) in [4.78, 5) is 64.3. The lowest BCUT2D eigenvalue weighted by molar-refractivity contribution is -0.135. The number of nitrogens with zero attached hydrogens (tertiary/aromatic N) is 8. The monoisotopic (exact) mass is 853 g/mol. The van der Waals surface area contributed by atoms with Crippen molar-refractivity contribution in [2.45, 2.75) is 95.3 Å². The van der Waals surface area contributed by atoms with Crippen molar-refractivity contribution in [3.05, 3.63) is 76.4 Å². The average molecular weight is 854 g/mol. The molecule has 62 heavy (non-hydrogen) atoms. The van der Waals surface area contributed by atoms with E-state index in [2.05, 4.69) is 47.9 Å². The van der Waals surface area contributed by atoms with Gasteiger partial charge in [0.05, 0.1) is 22.8 Å². The minimum Gasteiger partial charge on any atom is -0.444 e. The van der Waals surface area contributed by atoms with E-state index in [9.17, 15) is 28.0 Å². The number of imide groups is 1. The zero-order valence-corrected chi connectivity index (χ0v) is 35.1. The van der Waals surface area contributed by atoms with Crippen LogP contribution in [0.4, 0.5) is 20.3 Å². The van der Waals surface area contributed by atoms with Gasteiger partial charge >= 0.3 is 5.69 Å². The van der Waals surface area contributed by atoms with Gasteiger partial charge < -0.3 is 20.0 Å². The highest BCUT2D eigenvalue weighted by atomic mass is 19.3. The highest BCUT2D eigenvalue weighted by Gasteiger charge is 2.33. The SMILES string of the molecule is CN(CC1CCC(n2cc(NC(=O)c3coc(-c4ccnc(NCC5CC5)c4)n3)c(C(F)F)n2)CC1)C1CCN(Cc2ccc3c(c2)n(C)c(=O)n3C2CCC(=O)NC2=O)CC1. The lowest BCUT2D eigenvalue weighted by atomic mass is 9.85. The fourth-order valence-electron chi connectivity index (χ4n) is 9.44. The molecular weight excluding hydrogens is 801 g/mol. The number of carbonyl (C=O) groups excluding carboxylic acids is 3. The molecule has 328 valence electrons. The van der Waals surface area contributed by atoms with Gasteiger partial charge in [-0.3, -0.25) is 38.4 Å². The predicted molar refractivity (Wildman–Crippen MR) is 227 cm³/mol. The van der Waals surface area contributed by atoms with Crippen molar-refractivity contribution in [2.75, 3.05) is 43.9 Å². The highest BCUT2D eigenvalue weighted by molar-refractivity contribution is 6.03. The normalized spacial score (nSPS) is 21.5. The second kappa shape index (κ2) is 17.6. The van der Waals surface area contributed by atoms with Crippen molar-refractivity contribution < 1.29 is 27.6 Å². The maximum Gasteiger partial charge on any atom is 0.329 e. The van der Waals surface area contributed by atoms with E-state index in [1.807, 2.05) is 18.2 Å². The third-order valence-electron chi connectivity index (χ3n) is 13.2. The van der Waals surface area contributed by atoms with Gasteiger partial charge in [-0.1, -0.05) is 6.07 Å². The van der Waals surface area contributed by atoms with Crippen LogP contribution in [-0.2, 0) is 23.2 Å². The molecule has 1 atom stereocenters. The number of amides is 3. The molecule has 2 aliphatic heterocycles. The van der Waals surface area contributed by atoms with E-state index < -0.39 is 30.0 Å². The smallest absolute Gasteiger partial charge is 0.329 e. The molecule has 0 bridgehead atoms. The second-order valence-electron chi connectivity index (χ2n) is 17.6. The minimum absolute atomic E-state index is 0.0278. The number of aryl methyl sites for hydroxylation is 1. The summed E-state index contributed by atoms with van der Waals surface area (Å²) in [7, 11) is 3.91. The average Bonchev–Trinajstić information content (AvgIpc) is 3.68. The van der Waals surface area contributed by atoms with E-state index in [1.165, 1.54) is 29.9 Å². The number of benzene rings is 1. The van der Waals surface area contributed by atoms with Gasteiger partial charge in [-0.05, 0) is 120 Å². The van der Waals surface area contributed by atoms with Gasteiger partial charge in [-0.15, -0.1) is 0 Å². The highest BCUT2D eigenvalue weighted by Crippen LogP contribution is 2.36. The predicted octanol–water partition coefficient (Wildman–Crippen LogP) is 5.90. The van der Waals surface area contributed by atoms with E-state index in [0.717, 1.165) is 82.3 Å². The van der Waals surface area contributed by atoms with Gasteiger partial charge in [0.25, 0.3) is 12.3 Å². The maximum atomic E-state index is 14.2. The minimum atomic E-state index is -2.87. The van der Waals surface area contributed by atoms with Gasteiger partial charge in [0.1, 0.15) is 18.1 Å². The summed E-state index contributed by atoms with van der Waals surface area (Å²) >= 11 is 0. The Bertz CT molecular complexity index is 2510. The number of hydrogen-bond acceptors (Lipinski definition) is 11. The molecule has 16 nitrogen and oxygen atoms in total. The number of fused-ring (bicyclic) bond motifs is 1. The number of likely N-dealkylation sites (tertiary alicyclic amines) is 1. The van der Waals surface area contributed by atoms with Gasteiger partial charge in [-0.2, -0.15) is 5.10 Å². The Balaban J connectivity index is 0.747. The van der Waals surface area contributed by atoms with Crippen LogP contribution in [0.2, 0.25) is 0 Å². The molecule has 9 rings (SSSR count). The van der Waals surface area contributed by atoms with Crippen molar-refractivity contribution in [3.63, 3.8) is 0 Å². The zero-order chi connectivity index (χ0) is 43.1. The number of nitrogens with one attached hydrogen (secondary N) is 3. The summed E-state index contributed by atoms with van der Waals surface area (Å²) in [5.74, 6) is 0.663. The van der Waals surface area contributed by atoms with Crippen LogP contribution < -0.4 is 21.6 Å². The summed E-state index contributed by atoms with van der Waals surface area (Å²) in [5.41, 5.74) is 2.39. The van der Waals surface area contributed by atoms with Gasteiger partial charge in [0.15, 0.2) is 11.4 Å². The van der Waals surface area contributed by atoms with E-state index in [0.29, 0.717) is 41.2 Å². The Hall–Kier alpha value is -5.75. The number of imidazole rings is 1. The molecule has 2 aliphatic carbocycles. The summed E-state index contributed by atoms with van der Waals surface area (Å²) in [6.07, 6.45) is 10.0. The molecule has 4 aromatic heterocycles. The Kier molecular flexibility index (Phi) is 11.8. The summed E-state index contributed by atoms with van der Waals surface area (Å²) in [5, 5.41) is 12.5. The zero-order valence-electron chi connectivity index (χ0n) is 35.1. The number of aromatic nitrogens is 6. The second-order valence-corrected chi connectivity index (χ2v) is 17.6. The summed E-state index contributed by atoms with van der Waals surface area (Å²) in [6, 6.07) is 9.20. The standard InChI is InChI=1S/C44H53F2N11O5/c1-53(30-14-17-55(18-15-30)23-28-7-10-34-36(19-28)54(2)44(61)57(34)35-11-12-38(58)51-42(35)60)22-27-5-8-31(9-6-27)56-24-32(39(52-56)40(45)46)49-41(59)33-25-62-43(50-33)29-13-16-47-37(20-29)48-21-26-3-4-26/h7,10,13,16,19-20,24-27,30-31,35,40H,3-6,8-9,11-12,14-15,17-18,21-23H2,1-2H3,(H,47,48)(H,49,59)(H,51,58,60). The first-order valence-corrected chi connectivity index (χ1v) is 21.8. The van der Waals surface area contributed by atoms with E-state index in [4.69, 9.17) is 4.42 Å². The molecule has 6 heterocycles. The summed E-state index contributed by atoms with van der Waals surface area (Å²) in [6.45, 7) is 4.46. The number of pyridine rings is 1. The first-order chi connectivity index (χ1) is 30.0. The van der Waals surface area contributed by atoms with Gasteiger partial charge in [0, 0.05) is 57.1 Å². The molecule has 1 unspecified atom stereocenters. The molecule has 4 fully saturated rings. The molecule has 1 aromatic carbocycles. The lowest BCUT2D eigenvalue weighted by Gasteiger charge is -2.39. The van der Waals surface area contributed by atoms with Gasteiger partial charge in [0.2, 0.25) is 17.7 Å². The Morgan fingerprint density at radius 2 is 1.76 bits per heavy atom. The number of oxazole rings is 1. The number of rotatable bonds is 14. The first kappa shape index (κ1) is 41.6. The first-order valence-electron chi connectivity index (χ1n) is 21.8. The molecule has 5 aromatic rings. The van der Waals surface area contributed by atoms with Crippen LogP contribution in [0.3, 0.4) is 0 Å². The third-order valence-corrected chi connectivity index (χ3v) is 13.2. The van der Waals surface area contributed by atoms with Crippen LogP contribution in [-0.4, -0.2) is 95.7 Å². The number of piperidine rings is 2. The number of halogens is 2. The van der Waals surface area contributed by atoms with E-state index >= 15 is 0 Å². The molecule has 18 heteroatoms. The third kappa shape index (κ3) is 8.93. The van der Waals surface area contributed by atoms with Crippen LogP contribution in [0.5, 0.6) is 0 Å². The molecule has 0 spiro atoms. The van der Waals surface area contributed by atoms with Crippen LogP contribution >= 0.6 is 0 Å². The number of hydrogen-bond donors (Lipinski definition) is 3. The van der Waals surface area contributed by atoms with E-state index in [1.54, 1.807) is 34.6 Å².